The molecule has 0 saturated carbocycles. The number of thiophene rings is 1. The van der Waals surface area contributed by atoms with Gasteiger partial charge in [-0.3, -0.25) is 0 Å². The minimum absolute atomic E-state index is 0.417. The Morgan fingerprint density at radius 1 is 1.09 bits per heavy atom. The van der Waals surface area contributed by atoms with Crippen molar-refractivity contribution in [1.82, 2.24) is 4.98 Å². The summed E-state index contributed by atoms with van der Waals surface area (Å²) in [5, 5.41) is 0.813. The van der Waals surface area contributed by atoms with Gasteiger partial charge in [0.15, 0.2) is 0 Å². The van der Waals surface area contributed by atoms with E-state index in [1.165, 1.54) is 32.7 Å². The Kier molecular flexibility index (Phi) is 3.77. The zero-order chi connectivity index (χ0) is 16.1. The molecule has 0 amide bonds. The van der Waals surface area contributed by atoms with Crippen LogP contribution in [0.3, 0.4) is 0 Å². The van der Waals surface area contributed by atoms with Gasteiger partial charge in [0.2, 0.25) is 0 Å². The molecule has 0 atom stereocenters. The Balaban J connectivity index is 2.17. The fraction of sp³-hybridized carbons (Fsp3) is 0.312. The van der Waals surface area contributed by atoms with E-state index < -0.39 is 11.7 Å². The van der Waals surface area contributed by atoms with Crippen molar-refractivity contribution in [2.45, 2.75) is 33.4 Å². The molecule has 3 rings (SSSR count). The number of aromatic nitrogens is 1. The van der Waals surface area contributed by atoms with Crippen LogP contribution in [-0.4, -0.2) is 4.98 Å². The number of halogens is 3. The molecule has 0 saturated heterocycles. The van der Waals surface area contributed by atoms with Crippen molar-refractivity contribution >= 4 is 32.9 Å². The summed E-state index contributed by atoms with van der Waals surface area (Å²) < 4.78 is 39.2. The topological polar surface area (TPSA) is 12.9 Å². The summed E-state index contributed by atoms with van der Waals surface area (Å²) in [5.74, 6) is 0. The van der Waals surface area contributed by atoms with Crippen LogP contribution in [-0.2, 0) is 12.6 Å². The standard InChI is InChI=1S/C16H14F3NS2/c1-4-11-8(2)21-9(3)14(11)15-20-12-7-10(16(17,18)19)5-6-13(12)22-15/h5-7H,4H2,1-3H3. The van der Waals surface area contributed by atoms with Crippen LogP contribution in [0.5, 0.6) is 0 Å². The molecule has 0 spiro atoms. The van der Waals surface area contributed by atoms with Gasteiger partial charge in [0, 0.05) is 15.3 Å². The monoisotopic (exact) mass is 341 g/mol. The van der Waals surface area contributed by atoms with Crippen molar-refractivity contribution < 1.29 is 13.2 Å². The molecular weight excluding hydrogens is 327 g/mol. The van der Waals surface area contributed by atoms with Gasteiger partial charge in [-0.05, 0) is 44.0 Å². The van der Waals surface area contributed by atoms with Gasteiger partial charge in [-0.1, -0.05) is 6.92 Å². The van der Waals surface area contributed by atoms with Gasteiger partial charge < -0.3 is 0 Å². The third kappa shape index (κ3) is 2.54. The van der Waals surface area contributed by atoms with Gasteiger partial charge in [0.25, 0.3) is 0 Å². The fourth-order valence-electron chi connectivity index (χ4n) is 2.65. The number of hydrogen-bond acceptors (Lipinski definition) is 3. The van der Waals surface area contributed by atoms with Gasteiger partial charge in [0.05, 0.1) is 15.8 Å². The van der Waals surface area contributed by atoms with E-state index in [9.17, 15) is 13.2 Å². The molecule has 0 aliphatic heterocycles. The zero-order valence-corrected chi connectivity index (χ0v) is 14.0. The van der Waals surface area contributed by atoms with Crippen molar-refractivity contribution in [3.05, 3.63) is 39.1 Å². The minimum Gasteiger partial charge on any atom is -0.236 e. The van der Waals surface area contributed by atoms with Crippen LogP contribution in [0, 0.1) is 13.8 Å². The predicted octanol–water partition coefficient (Wildman–Crippen LogP) is 6.22. The van der Waals surface area contributed by atoms with E-state index in [0.717, 1.165) is 33.8 Å². The van der Waals surface area contributed by atoms with E-state index in [2.05, 4.69) is 18.8 Å². The fourth-order valence-corrected chi connectivity index (χ4v) is 4.94. The molecule has 1 aromatic carbocycles. The van der Waals surface area contributed by atoms with E-state index >= 15 is 0 Å². The Morgan fingerprint density at radius 2 is 1.82 bits per heavy atom. The number of rotatable bonds is 2. The van der Waals surface area contributed by atoms with E-state index in [1.54, 1.807) is 11.3 Å². The minimum atomic E-state index is -4.33. The largest absolute Gasteiger partial charge is 0.416 e. The summed E-state index contributed by atoms with van der Waals surface area (Å²) in [6.45, 7) is 6.21. The number of thiazole rings is 1. The quantitative estimate of drug-likeness (QED) is 0.539. The molecular formula is C16H14F3NS2. The van der Waals surface area contributed by atoms with Gasteiger partial charge in [0.1, 0.15) is 5.01 Å². The lowest BCUT2D eigenvalue weighted by molar-refractivity contribution is -0.137. The van der Waals surface area contributed by atoms with Crippen molar-refractivity contribution in [1.29, 1.82) is 0 Å². The molecule has 0 bridgehead atoms. The van der Waals surface area contributed by atoms with Gasteiger partial charge in [-0.15, -0.1) is 22.7 Å². The first-order valence-corrected chi connectivity index (χ1v) is 8.51. The summed E-state index contributed by atoms with van der Waals surface area (Å²) in [6, 6.07) is 3.77. The highest BCUT2D eigenvalue weighted by atomic mass is 32.1. The molecule has 0 aliphatic carbocycles. The second-order valence-corrected chi connectivity index (χ2v) is 7.58. The van der Waals surface area contributed by atoms with Crippen LogP contribution in [0.1, 0.15) is 27.8 Å². The molecule has 22 heavy (non-hydrogen) atoms. The van der Waals surface area contributed by atoms with Crippen LogP contribution >= 0.6 is 22.7 Å². The molecule has 116 valence electrons. The molecule has 0 aliphatic rings. The maximum atomic E-state index is 12.8. The zero-order valence-electron chi connectivity index (χ0n) is 12.3. The highest BCUT2D eigenvalue weighted by Gasteiger charge is 2.31. The van der Waals surface area contributed by atoms with Crippen molar-refractivity contribution in [2.75, 3.05) is 0 Å². The van der Waals surface area contributed by atoms with Crippen molar-refractivity contribution in [2.24, 2.45) is 0 Å². The van der Waals surface area contributed by atoms with Crippen LogP contribution < -0.4 is 0 Å². The third-order valence-electron chi connectivity index (χ3n) is 3.67. The summed E-state index contributed by atoms with van der Waals surface area (Å²) in [5.41, 5.74) is 2.11. The Labute approximate surface area is 134 Å². The lowest BCUT2D eigenvalue weighted by Crippen LogP contribution is -2.03. The second kappa shape index (κ2) is 5.35. The van der Waals surface area contributed by atoms with Crippen molar-refractivity contribution in [3.63, 3.8) is 0 Å². The second-order valence-electron chi connectivity index (χ2n) is 5.12. The van der Waals surface area contributed by atoms with Gasteiger partial charge in [-0.25, -0.2) is 4.98 Å². The predicted molar refractivity (Wildman–Crippen MR) is 86.8 cm³/mol. The first-order chi connectivity index (χ1) is 10.3. The Morgan fingerprint density at radius 3 is 2.45 bits per heavy atom. The average molecular weight is 341 g/mol. The molecule has 0 unspecified atom stereocenters. The molecule has 0 N–H and O–H groups in total. The van der Waals surface area contributed by atoms with E-state index in [-0.39, 0.29) is 0 Å². The first-order valence-electron chi connectivity index (χ1n) is 6.88. The van der Waals surface area contributed by atoms with Crippen molar-refractivity contribution in [3.8, 4) is 10.6 Å². The van der Waals surface area contributed by atoms with Crippen LogP contribution in [0.4, 0.5) is 13.2 Å². The normalized spacial score (nSPS) is 12.3. The number of fused-ring (bicyclic) bond motifs is 1. The maximum Gasteiger partial charge on any atom is 0.416 e. The summed E-state index contributed by atoms with van der Waals surface area (Å²) in [4.78, 5) is 6.89. The van der Waals surface area contributed by atoms with Crippen LogP contribution in [0.2, 0.25) is 0 Å². The molecule has 2 aromatic heterocycles. The molecule has 0 radical (unpaired) electrons. The summed E-state index contributed by atoms with van der Waals surface area (Å²) in [7, 11) is 0. The molecule has 0 fully saturated rings. The maximum absolute atomic E-state index is 12.8. The first kappa shape index (κ1) is 15.5. The van der Waals surface area contributed by atoms with E-state index in [4.69, 9.17) is 0 Å². The Hall–Kier alpha value is -1.40. The molecule has 6 heteroatoms. The number of hydrogen-bond donors (Lipinski definition) is 0. The number of alkyl halides is 3. The summed E-state index contributed by atoms with van der Waals surface area (Å²) in [6.07, 6.45) is -3.43. The lowest BCUT2D eigenvalue weighted by Gasteiger charge is -2.04. The van der Waals surface area contributed by atoms with E-state index in [1.807, 2.05) is 6.92 Å². The highest BCUT2D eigenvalue weighted by Crippen LogP contribution is 2.41. The third-order valence-corrected chi connectivity index (χ3v) is 5.78. The van der Waals surface area contributed by atoms with Crippen LogP contribution in [0.25, 0.3) is 20.8 Å². The van der Waals surface area contributed by atoms with Crippen LogP contribution in [0.15, 0.2) is 18.2 Å². The average Bonchev–Trinajstić information content (AvgIpc) is 2.96. The molecule has 2 heterocycles. The highest BCUT2D eigenvalue weighted by molar-refractivity contribution is 7.22. The molecule has 1 nitrogen and oxygen atoms in total. The Bertz CT molecular complexity index is 843. The smallest absolute Gasteiger partial charge is 0.236 e. The number of aryl methyl sites for hydroxylation is 2. The summed E-state index contributed by atoms with van der Waals surface area (Å²) >= 11 is 3.17. The number of nitrogens with zero attached hydrogens (tertiary/aromatic N) is 1. The van der Waals surface area contributed by atoms with Gasteiger partial charge in [-0.2, -0.15) is 13.2 Å². The number of benzene rings is 1. The molecule has 3 aromatic rings. The van der Waals surface area contributed by atoms with E-state index in [0.29, 0.717) is 5.52 Å². The lowest BCUT2D eigenvalue weighted by atomic mass is 10.1. The van der Waals surface area contributed by atoms with Gasteiger partial charge >= 0.3 is 6.18 Å². The SMILES string of the molecule is CCc1c(C)sc(C)c1-c1nc2cc(C(F)(F)F)ccc2s1.